The first-order chi connectivity index (χ1) is 19.6. The minimum absolute atomic E-state index is 0.116. The number of hydrogen-bond donors (Lipinski definition) is 2. The van der Waals surface area contributed by atoms with E-state index in [4.69, 9.17) is 10.8 Å². The quantitative estimate of drug-likeness (QED) is 0.162. The molecule has 2 heterocycles. The van der Waals surface area contributed by atoms with Gasteiger partial charge in [-0.3, -0.25) is 9.59 Å². The molecule has 0 saturated carbocycles. The van der Waals surface area contributed by atoms with Crippen LogP contribution in [-0.4, -0.2) is 56.3 Å². The van der Waals surface area contributed by atoms with E-state index < -0.39 is 5.41 Å². The lowest BCUT2D eigenvalue weighted by atomic mass is 9.91. The summed E-state index contributed by atoms with van der Waals surface area (Å²) < 4.78 is 1.54. The zero-order valence-electron chi connectivity index (χ0n) is 25.1. The molecule has 2 amide bonds. The second-order valence-electron chi connectivity index (χ2n) is 11.0. The summed E-state index contributed by atoms with van der Waals surface area (Å²) in [5.41, 5.74) is 10.1. The van der Waals surface area contributed by atoms with Crippen LogP contribution in [0.5, 0.6) is 0 Å². The first-order valence-corrected chi connectivity index (χ1v) is 15.3. The van der Waals surface area contributed by atoms with Crippen LogP contribution in [0.2, 0.25) is 0 Å². The summed E-state index contributed by atoms with van der Waals surface area (Å²) in [5.74, 6) is -0.116. The minimum Gasteiger partial charge on any atom is -0.382 e. The summed E-state index contributed by atoms with van der Waals surface area (Å²) in [5, 5.41) is 24.5. The van der Waals surface area contributed by atoms with Crippen LogP contribution in [-0.2, 0) is 5.41 Å². The fraction of sp³-hybridized carbons (Fsp3) is 0.552. The molecule has 0 spiro atoms. The van der Waals surface area contributed by atoms with Crippen molar-refractivity contribution in [3.8, 4) is 5.69 Å². The van der Waals surface area contributed by atoms with Gasteiger partial charge in [0.15, 0.2) is 11.5 Å². The van der Waals surface area contributed by atoms with Crippen LogP contribution in [0.1, 0.15) is 106 Å². The molecule has 222 valence electrons. The van der Waals surface area contributed by atoms with Crippen molar-refractivity contribution in [2.75, 3.05) is 25.4 Å². The van der Waals surface area contributed by atoms with Crippen molar-refractivity contribution in [1.29, 1.82) is 0 Å². The number of unbranched alkanes of at least 4 members (excludes halogenated alkanes) is 3. The van der Waals surface area contributed by atoms with Gasteiger partial charge in [0.25, 0.3) is 16.9 Å². The highest BCUT2D eigenvalue weighted by Gasteiger charge is 2.28. The number of nitrogens with one attached hydrogen (secondary N) is 1. The van der Waals surface area contributed by atoms with Gasteiger partial charge in [-0.25, -0.2) is 4.68 Å². The van der Waals surface area contributed by atoms with E-state index in [1.807, 2.05) is 25.7 Å². The Kier molecular flexibility index (Phi) is 11.5. The van der Waals surface area contributed by atoms with Crippen molar-refractivity contribution in [2.45, 2.75) is 85.5 Å². The minimum atomic E-state index is -0.417. The predicted molar refractivity (Wildman–Crippen MR) is 164 cm³/mol. The molecule has 12 heteroatoms. The fourth-order valence-electron chi connectivity index (χ4n) is 4.19. The lowest BCUT2D eigenvalue weighted by molar-refractivity contribution is 0.0751. The van der Waals surface area contributed by atoms with Crippen LogP contribution < -0.4 is 11.1 Å². The number of carbonyl (C=O) groups excluding carboxylic acids is 2. The van der Waals surface area contributed by atoms with Crippen LogP contribution in [0.3, 0.4) is 0 Å². The number of azo groups is 1. The Hall–Kier alpha value is -3.67. The number of anilines is 1. The number of benzene rings is 1. The zero-order valence-corrected chi connectivity index (χ0v) is 25.9. The maximum absolute atomic E-state index is 13.8. The van der Waals surface area contributed by atoms with E-state index in [9.17, 15) is 9.59 Å². The van der Waals surface area contributed by atoms with E-state index in [1.54, 1.807) is 23.7 Å². The Morgan fingerprint density at radius 3 is 2.24 bits per heavy atom. The highest BCUT2D eigenvalue weighted by molar-refractivity contribution is 7.13. The molecule has 3 aromatic rings. The van der Waals surface area contributed by atoms with E-state index >= 15 is 0 Å². The molecule has 0 unspecified atom stereocenters. The van der Waals surface area contributed by atoms with Crippen LogP contribution in [0.25, 0.3) is 5.69 Å². The van der Waals surface area contributed by atoms with E-state index in [0.29, 0.717) is 53.0 Å². The normalized spacial score (nSPS) is 11.8. The Labute approximate surface area is 246 Å². The van der Waals surface area contributed by atoms with Gasteiger partial charge >= 0.3 is 0 Å². The molecule has 11 nitrogen and oxygen atoms in total. The molecule has 0 atom stereocenters. The predicted octanol–water partition coefficient (Wildman–Crippen LogP) is 6.59. The van der Waals surface area contributed by atoms with Crippen molar-refractivity contribution in [3.63, 3.8) is 0 Å². The maximum atomic E-state index is 13.8. The van der Waals surface area contributed by atoms with Crippen LogP contribution in [0, 0.1) is 0 Å². The van der Waals surface area contributed by atoms with Crippen molar-refractivity contribution < 1.29 is 9.59 Å². The molecule has 41 heavy (non-hydrogen) atoms. The van der Waals surface area contributed by atoms with Crippen LogP contribution in [0.4, 0.5) is 16.6 Å². The number of nitrogen functional groups attached to an aromatic ring is 1. The Morgan fingerprint density at radius 2 is 1.66 bits per heavy atom. The number of amides is 2. The largest absolute Gasteiger partial charge is 0.382 e. The van der Waals surface area contributed by atoms with Gasteiger partial charge < -0.3 is 16.0 Å². The first-order valence-electron chi connectivity index (χ1n) is 14.4. The Morgan fingerprint density at radius 1 is 1.00 bits per heavy atom. The van der Waals surface area contributed by atoms with Crippen LogP contribution >= 0.6 is 11.3 Å². The highest BCUT2D eigenvalue weighted by Crippen LogP contribution is 2.38. The summed E-state index contributed by atoms with van der Waals surface area (Å²) >= 11 is 1.26. The Balaban J connectivity index is 2.14. The summed E-state index contributed by atoms with van der Waals surface area (Å²) in [6.45, 7) is 14.2. The second kappa shape index (κ2) is 14.8. The van der Waals surface area contributed by atoms with Gasteiger partial charge in [-0.2, -0.15) is 5.10 Å². The Bertz CT molecular complexity index is 1320. The van der Waals surface area contributed by atoms with Gasteiger partial charge in [-0.1, -0.05) is 72.1 Å². The average Bonchev–Trinajstić information content (AvgIpc) is 3.59. The van der Waals surface area contributed by atoms with Gasteiger partial charge in [0.2, 0.25) is 0 Å². The van der Waals surface area contributed by atoms with Crippen molar-refractivity contribution in [3.05, 3.63) is 40.5 Å². The molecular formula is C29H43N9O2S. The van der Waals surface area contributed by atoms with E-state index in [-0.39, 0.29) is 17.6 Å². The summed E-state index contributed by atoms with van der Waals surface area (Å²) in [4.78, 5) is 28.9. The molecule has 3 rings (SSSR count). The lowest BCUT2D eigenvalue weighted by Gasteiger charge is -2.23. The maximum Gasteiger partial charge on any atom is 0.253 e. The lowest BCUT2D eigenvalue weighted by Crippen LogP contribution is -2.33. The average molecular weight is 582 g/mol. The summed E-state index contributed by atoms with van der Waals surface area (Å²) in [6.07, 6.45) is 5.60. The molecule has 0 aliphatic carbocycles. The molecule has 3 N–H and O–H groups in total. The number of carbonyl (C=O) groups is 2. The molecule has 0 fully saturated rings. The summed E-state index contributed by atoms with van der Waals surface area (Å²) in [7, 11) is 0. The van der Waals surface area contributed by atoms with E-state index in [1.165, 1.54) is 16.0 Å². The number of aromatic nitrogens is 4. The molecule has 2 aromatic heterocycles. The fourth-order valence-corrected chi connectivity index (χ4v) is 4.56. The zero-order chi connectivity index (χ0) is 30.0. The molecular weight excluding hydrogens is 538 g/mol. The molecule has 0 aliphatic heterocycles. The van der Waals surface area contributed by atoms with Crippen molar-refractivity contribution in [1.82, 2.24) is 30.2 Å². The van der Waals surface area contributed by atoms with Gasteiger partial charge in [-0.05, 0) is 37.5 Å². The third-order valence-electron chi connectivity index (χ3n) is 6.53. The highest BCUT2D eigenvalue weighted by atomic mass is 32.1. The summed E-state index contributed by atoms with van der Waals surface area (Å²) in [6, 6.07) is 5.12. The van der Waals surface area contributed by atoms with Gasteiger partial charge in [0.05, 0.1) is 11.4 Å². The second-order valence-corrected chi connectivity index (χ2v) is 11.9. The molecule has 0 aliphatic rings. The SMILES string of the molecule is CCCCNC(=O)c1cc(C(=O)N(CCCC)CCCC)cc(-n2nc(C(C)(C)C)c(N=Nc3nncs3)c2N)c1. The van der Waals surface area contributed by atoms with Gasteiger partial charge in [0.1, 0.15) is 5.51 Å². The molecule has 0 bridgehead atoms. The van der Waals surface area contributed by atoms with E-state index in [2.05, 4.69) is 46.5 Å². The molecule has 0 radical (unpaired) electrons. The topological polar surface area (TPSA) is 144 Å². The standard InChI is InChI=1S/C29H43N9O2S/c1-7-10-13-31-26(39)20-16-21(27(40)37(14-11-8-2)15-12-9-3)18-22(17-20)38-25(30)23(24(36-38)29(4,5)6)33-35-28-34-32-19-41-28/h16-19H,7-15,30H2,1-6H3,(H,31,39). The third-order valence-corrected chi connectivity index (χ3v) is 7.10. The van der Waals surface area contributed by atoms with Crippen molar-refractivity contribution >= 4 is 39.8 Å². The molecule has 1 aromatic carbocycles. The monoisotopic (exact) mass is 581 g/mol. The number of rotatable bonds is 14. The molecule has 0 saturated heterocycles. The van der Waals surface area contributed by atoms with Gasteiger partial charge in [0, 0.05) is 36.2 Å². The van der Waals surface area contributed by atoms with Gasteiger partial charge in [-0.15, -0.1) is 20.4 Å². The third kappa shape index (κ3) is 8.42. The number of hydrogen-bond acceptors (Lipinski definition) is 9. The van der Waals surface area contributed by atoms with Crippen LogP contribution in [0.15, 0.2) is 33.9 Å². The van der Waals surface area contributed by atoms with Crippen molar-refractivity contribution in [2.24, 2.45) is 10.2 Å². The number of nitrogens with zero attached hydrogens (tertiary/aromatic N) is 7. The first kappa shape index (κ1) is 31.9. The smallest absolute Gasteiger partial charge is 0.253 e. The van der Waals surface area contributed by atoms with E-state index in [0.717, 1.165) is 38.5 Å². The number of nitrogens with two attached hydrogens (primary N) is 1.